The Morgan fingerprint density at radius 3 is 2.09 bits per heavy atom. The zero-order chi connectivity index (χ0) is 16.9. The molecule has 2 aromatic carbocycles. The molecule has 0 saturated heterocycles. The number of aryl methyl sites for hydroxylation is 1. The third-order valence-corrected chi connectivity index (χ3v) is 6.64. The fraction of sp³-hybridized carbons (Fsp3) is 0.0667. The van der Waals surface area contributed by atoms with Crippen LogP contribution in [0.3, 0.4) is 0 Å². The number of benzene rings is 2. The Balaban J connectivity index is 2.36. The maximum atomic E-state index is 12.4. The molecule has 0 spiro atoms. The second-order valence-electron chi connectivity index (χ2n) is 4.98. The van der Waals surface area contributed by atoms with Gasteiger partial charge in [0.1, 0.15) is 5.02 Å². The third kappa shape index (κ3) is 3.14. The second-order valence-corrected chi connectivity index (χ2v) is 9.39. The molecular weight excluding hydrogens is 420 g/mol. The van der Waals surface area contributed by atoms with Gasteiger partial charge in [0.05, 0.1) is 15.1 Å². The smallest absolute Gasteiger partial charge is 0.360 e. The van der Waals surface area contributed by atoms with E-state index in [-0.39, 0.29) is 25.8 Å². The van der Waals surface area contributed by atoms with Crippen molar-refractivity contribution in [1.29, 1.82) is 0 Å². The highest BCUT2D eigenvalue weighted by molar-refractivity contribution is 7.88. The van der Waals surface area contributed by atoms with Crippen LogP contribution in [-0.2, 0) is 4.57 Å². The summed E-state index contributed by atoms with van der Waals surface area (Å²) in [5, 5.41) is 0.317. The van der Waals surface area contributed by atoms with Crippen LogP contribution < -0.4 is 4.52 Å². The van der Waals surface area contributed by atoms with Crippen molar-refractivity contribution in [2.75, 3.05) is 0 Å². The van der Waals surface area contributed by atoms with Crippen LogP contribution in [-0.4, -0.2) is 0 Å². The lowest BCUT2D eigenvalue weighted by Crippen LogP contribution is -2.02. The summed E-state index contributed by atoms with van der Waals surface area (Å²) < 4.78 is 17.7. The van der Waals surface area contributed by atoms with Gasteiger partial charge in [-0.1, -0.05) is 76.2 Å². The molecule has 2 aromatic rings. The van der Waals surface area contributed by atoms with Crippen molar-refractivity contribution >= 4 is 69.9 Å². The van der Waals surface area contributed by atoms with Crippen molar-refractivity contribution in [2.24, 2.45) is 0 Å². The van der Waals surface area contributed by atoms with Crippen molar-refractivity contribution in [3.8, 4) is 5.75 Å². The molecule has 1 atom stereocenters. The summed E-state index contributed by atoms with van der Waals surface area (Å²) in [6.07, 6.45) is 0. The highest BCUT2D eigenvalue weighted by Crippen LogP contribution is 2.64. The first-order valence-corrected chi connectivity index (χ1v) is 10.5. The van der Waals surface area contributed by atoms with Gasteiger partial charge in [0.2, 0.25) is 0 Å². The maximum Gasteiger partial charge on any atom is 0.360 e. The number of fused-ring (bicyclic) bond motifs is 1. The van der Waals surface area contributed by atoms with Crippen molar-refractivity contribution in [2.45, 2.75) is 6.92 Å². The Bertz CT molecular complexity index is 890. The number of rotatable bonds is 1. The Hall–Kier alpha value is -0.340. The van der Waals surface area contributed by atoms with Gasteiger partial charge in [-0.15, -0.1) is 0 Å². The molecule has 0 N–H and O–H groups in total. The van der Waals surface area contributed by atoms with Crippen molar-refractivity contribution in [3.63, 3.8) is 0 Å². The Kier molecular flexibility index (Phi) is 4.70. The van der Waals surface area contributed by atoms with Crippen LogP contribution in [0.1, 0.15) is 16.7 Å². The van der Waals surface area contributed by atoms with E-state index >= 15 is 0 Å². The molecule has 0 amide bonds. The van der Waals surface area contributed by atoms with Crippen LogP contribution in [0, 0.1) is 6.92 Å². The fourth-order valence-electron chi connectivity index (χ4n) is 2.26. The van der Waals surface area contributed by atoms with Crippen LogP contribution in [0.2, 0.25) is 20.1 Å². The van der Waals surface area contributed by atoms with Gasteiger partial charge >= 0.3 is 6.72 Å². The Morgan fingerprint density at radius 1 is 0.913 bits per heavy atom. The summed E-state index contributed by atoms with van der Waals surface area (Å²) in [7, 11) is 0. The van der Waals surface area contributed by atoms with Gasteiger partial charge in [0, 0.05) is 17.0 Å². The van der Waals surface area contributed by atoms with Crippen molar-refractivity contribution in [1.82, 2.24) is 0 Å². The van der Waals surface area contributed by atoms with Gasteiger partial charge in [-0.05, 0) is 23.7 Å². The predicted molar refractivity (Wildman–Crippen MR) is 98.8 cm³/mol. The van der Waals surface area contributed by atoms with Gasteiger partial charge in [-0.3, -0.25) is 4.57 Å². The number of halogens is 5. The molecule has 0 bridgehead atoms. The molecular formula is C15H8Cl5O2P. The molecule has 23 heavy (non-hydrogen) atoms. The third-order valence-electron chi connectivity index (χ3n) is 3.35. The SMILES string of the molecule is Cc1ccc(C2=CP(=O)(Cl)Oc3c(Cl)c(Cl)c(Cl)c(Cl)c32)cc1. The summed E-state index contributed by atoms with van der Waals surface area (Å²) in [4.78, 5) is 0. The first-order valence-electron chi connectivity index (χ1n) is 6.36. The Morgan fingerprint density at radius 2 is 1.48 bits per heavy atom. The van der Waals surface area contributed by atoms with Crippen molar-refractivity contribution in [3.05, 3.63) is 66.9 Å². The molecule has 3 rings (SSSR count). The standard InChI is InChI=1S/C15H8Cl5O2P/c1-7-2-4-8(5-3-7)9-6-23(20,21)22-15-10(9)11(16)12(17)13(18)14(15)19/h2-6H,1H3. The summed E-state index contributed by atoms with van der Waals surface area (Å²) in [6, 6.07) is 7.55. The monoisotopic (exact) mass is 426 g/mol. The normalized spacial score (nSPS) is 19.8. The molecule has 1 aliphatic rings. The summed E-state index contributed by atoms with van der Waals surface area (Å²) in [5.74, 6) is 1.41. The molecule has 0 radical (unpaired) electrons. The van der Waals surface area contributed by atoms with E-state index in [1.165, 1.54) is 5.82 Å². The van der Waals surface area contributed by atoms with Gasteiger partial charge in [0.25, 0.3) is 0 Å². The average Bonchev–Trinajstić information content (AvgIpc) is 2.50. The molecule has 1 unspecified atom stereocenters. The zero-order valence-corrected chi connectivity index (χ0v) is 16.2. The lowest BCUT2D eigenvalue weighted by Gasteiger charge is -2.25. The molecule has 0 aliphatic carbocycles. The Labute approximate surface area is 158 Å². The average molecular weight is 428 g/mol. The van der Waals surface area contributed by atoms with Crippen LogP contribution in [0.25, 0.3) is 5.57 Å². The van der Waals surface area contributed by atoms with Gasteiger partial charge in [-0.25, -0.2) is 0 Å². The van der Waals surface area contributed by atoms with E-state index in [2.05, 4.69) is 0 Å². The van der Waals surface area contributed by atoms with Crippen molar-refractivity contribution < 1.29 is 9.09 Å². The minimum Gasteiger partial charge on any atom is -0.428 e. The van der Waals surface area contributed by atoms with Crippen LogP contribution in [0.5, 0.6) is 5.75 Å². The molecule has 1 heterocycles. The van der Waals surface area contributed by atoms with Gasteiger partial charge < -0.3 is 4.52 Å². The maximum absolute atomic E-state index is 12.4. The fourth-order valence-corrected chi connectivity index (χ4v) is 4.86. The van der Waals surface area contributed by atoms with Crippen LogP contribution >= 0.6 is 64.4 Å². The van der Waals surface area contributed by atoms with Gasteiger partial charge in [-0.2, -0.15) is 0 Å². The van der Waals surface area contributed by atoms with Crippen LogP contribution in [0.15, 0.2) is 30.1 Å². The summed E-state index contributed by atoms with van der Waals surface area (Å²) >= 11 is 30.7. The molecule has 2 nitrogen and oxygen atoms in total. The van der Waals surface area contributed by atoms with E-state index in [0.29, 0.717) is 11.1 Å². The summed E-state index contributed by atoms with van der Waals surface area (Å²) in [6.45, 7) is -1.61. The molecule has 120 valence electrons. The minimum atomic E-state index is -3.57. The first kappa shape index (κ1) is 17.5. The molecule has 1 aliphatic heterocycles. The molecule has 0 fully saturated rings. The summed E-state index contributed by atoms with van der Waals surface area (Å²) in [5.41, 5.74) is 2.79. The van der Waals surface area contributed by atoms with E-state index in [1.54, 1.807) is 0 Å². The van der Waals surface area contributed by atoms with E-state index in [9.17, 15) is 4.57 Å². The number of hydrogen-bond acceptors (Lipinski definition) is 2. The quantitative estimate of drug-likeness (QED) is 0.263. The van der Waals surface area contributed by atoms with Crippen LogP contribution in [0.4, 0.5) is 0 Å². The van der Waals surface area contributed by atoms with E-state index in [4.69, 9.17) is 62.2 Å². The molecule has 8 heteroatoms. The highest BCUT2D eigenvalue weighted by atomic mass is 35.7. The zero-order valence-electron chi connectivity index (χ0n) is 11.5. The van der Waals surface area contributed by atoms with E-state index in [0.717, 1.165) is 11.1 Å². The highest BCUT2D eigenvalue weighted by Gasteiger charge is 2.34. The minimum absolute atomic E-state index is 0.0228. The van der Waals surface area contributed by atoms with Gasteiger partial charge in [0.15, 0.2) is 5.75 Å². The lowest BCUT2D eigenvalue weighted by molar-refractivity contribution is 0.505. The topological polar surface area (TPSA) is 26.3 Å². The lowest BCUT2D eigenvalue weighted by atomic mass is 9.97. The number of hydrogen-bond donors (Lipinski definition) is 0. The molecule has 0 aromatic heterocycles. The van der Waals surface area contributed by atoms with E-state index in [1.807, 2.05) is 31.2 Å². The molecule has 0 saturated carbocycles. The predicted octanol–water partition coefficient (Wildman–Crippen LogP) is 7.82. The first-order chi connectivity index (χ1) is 10.7. The van der Waals surface area contributed by atoms with E-state index < -0.39 is 6.72 Å². The largest absolute Gasteiger partial charge is 0.428 e. The second kappa shape index (κ2) is 6.19.